The van der Waals surface area contributed by atoms with Crippen molar-refractivity contribution in [3.05, 3.63) is 81.9 Å². The van der Waals surface area contributed by atoms with Gasteiger partial charge in [0.2, 0.25) is 17.2 Å². The fourth-order valence-corrected chi connectivity index (χ4v) is 4.80. The van der Waals surface area contributed by atoms with Crippen LogP contribution in [0.25, 0.3) is 0 Å². The molecule has 2 aliphatic heterocycles. The number of hydrogen-bond donors (Lipinski definition) is 1. The maximum atomic E-state index is 12.4. The fourth-order valence-electron chi connectivity index (χ4n) is 3.75. The maximum Gasteiger partial charge on any atom is 0.625 e. The van der Waals surface area contributed by atoms with Crippen LogP contribution in [0.4, 0.5) is 0 Å². The minimum absolute atomic E-state index is 0.0120. The second kappa shape index (κ2) is 6.55. The normalized spacial score (nSPS) is 18.7. The number of phenolic OH excluding ortho intramolecular Hbond substituents is 1. The number of benzene rings is 3. The molecule has 0 fully saturated rings. The van der Waals surface area contributed by atoms with Crippen LogP contribution in [0.5, 0.6) is 23.0 Å². The predicted molar refractivity (Wildman–Crippen MR) is 107 cm³/mol. The predicted octanol–water partition coefficient (Wildman–Crippen LogP) is 5.39. The molecule has 2 aliphatic rings. The van der Waals surface area contributed by atoms with Gasteiger partial charge in [0.05, 0.1) is 0 Å². The van der Waals surface area contributed by atoms with Crippen molar-refractivity contribution in [3.63, 3.8) is 0 Å². The Morgan fingerprint density at radius 1 is 0.793 bits per heavy atom. The molecule has 6 nitrogen and oxygen atoms in total. The van der Waals surface area contributed by atoms with Crippen LogP contribution < -0.4 is 13.9 Å². The lowest BCUT2D eigenvalue weighted by molar-refractivity contribution is -0.126. The lowest BCUT2D eigenvalue weighted by atomic mass is 9.90. The smallest absolute Gasteiger partial charge is 0.504 e. The topological polar surface area (TPSA) is 74.2 Å². The first kappa shape index (κ1) is 18.1. The van der Waals surface area contributed by atoms with E-state index in [2.05, 4.69) is 0 Å². The van der Waals surface area contributed by atoms with Crippen molar-refractivity contribution in [2.45, 2.75) is 26.7 Å². The Hall–Kier alpha value is -2.95. The van der Waals surface area contributed by atoms with Gasteiger partial charge in [0, 0.05) is 24.0 Å². The van der Waals surface area contributed by atoms with Crippen LogP contribution in [0, 0.1) is 13.8 Å². The van der Waals surface area contributed by atoms with Gasteiger partial charge >= 0.3 is 7.82 Å². The molecule has 2 heterocycles. The summed E-state index contributed by atoms with van der Waals surface area (Å²) in [6.07, 6.45) is 0.943. The van der Waals surface area contributed by atoms with Crippen LogP contribution in [-0.2, 0) is 22.1 Å². The second-order valence-electron chi connectivity index (χ2n) is 7.29. The van der Waals surface area contributed by atoms with Gasteiger partial charge in [-0.05, 0) is 36.1 Å². The number of phosphoric ester groups is 1. The lowest BCUT2D eigenvalue weighted by Crippen LogP contribution is -2.09. The van der Waals surface area contributed by atoms with Crippen molar-refractivity contribution < 1.29 is 28.3 Å². The molecular weight excluding hydrogens is 391 g/mol. The average molecular weight is 410 g/mol. The largest absolute Gasteiger partial charge is 0.625 e. The van der Waals surface area contributed by atoms with Gasteiger partial charge in [-0.2, -0.15) is 0 Å². The standard InChI is InChI=1S/C22H19O6P/c1-13-7-3-5-9-15(13)11-17-18(12-16-10-6-4-8-14(16)2)20-22-21(19(17)23)26-29(24,27-22)28-25-20/h3-10,23H,11-12H2,1-2H3. The summed E-state index contributed by atoms with van der Waals surface area (Å²) in [6.45, 7) is 4.05. The molecule has 1 atom stereocenters. The van der Waals surface area contributed by atoms with E-state index >= 15 is 0 Å². The quantitative estimate of drug-likeness (QED) is 0.459. The van der Waals surface area contributed by atoms with E-state index in [4.69, 9.17) is 18.6 Å². The van der Waals surface area contributed by atoms with Gasteiger partial charge in [0.1, 0.15) is 0 Å². The monoisotopic (exact) mass is 410 g/mol. The van der Waals surface area contributed by atoms with Crippen LogP contribution in [0.2, 0.25) is 0 Å². The van der Waals surface area contributed by atoms with E-state index in [-0.39, 0.29) is 17.2 Å². The third kappa shape index (κ3) is 2.96. The molecule has 1 N–H and O–H groups in total. The van der Waals surface area contributed by atoms with Gasteiger partial charge in [-0.25, -0.2) is 4.57 Å². The molecule has 0 radical (unpaired) electrons. The zero-order valence-electron chi connectivity index (χ0n) is 16.0. The molecule has 7 heteroatoms. The number of hydrogen-bond acceptors (Lipinski definition) is 6. The van der Waals surface area contributed by atoms with Gasteiger partial charge in [-0.3, -0.25) is 0 Å². The van der Waals surface area contributed by atoms with E-state index in [1.54, 1.807) is 0 Å². The van der Waals surface area contributed by atoms with Crippen LogP contribution in [0.1, 0.15) is 33.4 Å². The summed E-state index contributed by atoms with van der Waals surface area (Å²) in [7, 11) is -3.89. The highest BCUT2D eigenvalue weighted by molar-refractivity contribution is 7.49. The van der Waals surface area contributed by atoms with E-state index < -0.39 is 7.82 Å². The Labute approximate surface area is 168 Å². The number of rotatable bonds is 4. The van der Waals surface area contributed by atoms with Crippen molar-refractivity contribution in [1.29, 1.82) is 0 Å². The molecule has 0 aromatic heterocycles. The average Bonchev–Trinajstić information content (AvgIpc) is 3.00. The van der Waals surface area contributed by atoms with Crippen LogP contribution in [-0.4, -0.2) is 5.11 Å². The molecule has 2 bridgehead atoms. The van der Waals surface area contributed by atoms with E-state index in [9.17, 15) is 9.67 Å². The molecule has 0 aliphatic carbocycles. The summed E-state index contributed by atoms with van der Waals surface area (Å²) in [5, 5.41) is 11.0. The third-order valence-electron chi connectivity index (χ3n) is 5.43. The molecule has 148 valence electrons. The Balaban J connectivity index is 1.71. The van der Waals surface area contributed by atoms with Crippen LogP contribution >= 0.6 is 7.82 Å². The Morgan fingerprint density at radius 2 is 1.34 bits per heavy atom. The summed E-state index contributed by atoms with van der Waals surface area (Å²) in [5.41, 5.74) is 5.70. The molecule has 3 aromatic rings. The SMILES string of the molecule is Cc1ccccc1Cc1c(O)c2c3c(c1Cc1ccccc1C)OOP(=O)(O2)O3. The summed E-state index contributed by atoms with van der Waals surface area (Å²) in [5.74, 6) is 0.350. The summed E-state index contributed by atoms with van der Waals surface area (Å²) >= 11 is 0. The zero-order chi connectivity index (χ0) is 20.2. The molecule has 3 aromatic carbocycles. The number of phosphoric acid groups is 1. The molecule has 29 heavy (non-hydrogen) atoms. The highest BCUT2D eigenvalue weighted by Gasteiger charge is 2.51. The lowest BCUT2D eigenvalue weighted by Gasteiger charge is -2.20. The Kier molecular flexibility index (Phi) is 4.09. The van der Waals surface area contributed by atoms with Gasteiger partial charge in [-0.1, -0.05) is 53.2 Å². The summed E-state index contributed by atoms with van der Waals surface area (Å²) in [6, 6.07) is 16.0. The molecule has 0 amide bonds. The molecule has 0 spiro atoms. The number of aryl methyl sites for hydroxylation is 2. The van der Waals surface area contributed by atoms with E-state index in [0.717, 1.165) is 27.8 Å². The number of phenols is 1. The highest BCUT2D eigenvalue weighted by atomic mass is 31.2. The zero-order valence-corrected chi connectivity index (χ0v) is 16.9. The highest BCUT2D eigenvalue weighted by Crippen LogP contribution is 2.69. The summed E-state index contributed by atoms with van der Waals surface area (Å²) < 4.78 is 27.9. The van der Waals surface area contributed by atoms with E-state index in [1.807, 2.05) is 62.4 Å². The first-order valence-corrected chi connectivity index (χ1v) is 10.8. The third-order valence-corrected chi connectivity index (χ3v) is 6.50. The molecule has 1 unspecified atom stereocenters. The number of aromatic hydroxyl groups is 1. The van der Waals surface area contributed by atoms with Crippen molar-refractivity contribution >= 4 is 7.82 Å². The van der Waals surface area contributed by atoms with Gasteiger partial charge in [-0.15, -0.1) is 0 Å². The minimum Gasteiger partial charge on any atom is -0.504 e. The van der Waals surface area contributed by atoms with Gasteiger partial charge in [0.25, 0.3) is 0 Å². The molecule has 0 saturated heterocycles. The van der Waals surface area contributed by atoms with Crippen molar-refractivity contribution in [1.82, 2.24) is 0 Å². The van der Waals surface area contributed by atoms with Crippen molar-refractivity contribution in [3.8, 4) is 23.0 Å². The Bertz CT molecular complexity index is 1190. The van der Waals surface area contributed by atoms with Crippen LogP contribution in [0.15, 0.2) is 48.5 Å². The van der Waals surface area contributed by atoms with Gasteiger partial charge < -0.3 is 19.0 Å². The first-order valence-electron chi connectivity index (χ1n) is 9.30. The number of fused-ring (bicyclic) bond motifs is 1. The first-order chi connectivity index (χ1) is 14.0. The van der Waals surface area contributed by atoms with Gasteiger partial charge in [0.15, 0.2) is 5.75 Å². The summed E-state index contributed by atoms with van der Waals surface area (Å²) in [4.78, 5) is 5.37. The van der Waals surface area contributed by atoms with E-state index in [0.29, 0.717) is 24.2 Å². The fraction of sp³-hybridized carbons (Fsp3) is 0.182. The van der Waals surface area contributed by atoms with Crippen molar-refractivity contribution in [2.24, 2.45) is 0 Å². The maximum absolute atomic E-state index is 12.4. The van der Waals surface area contributed by atoms with E-state index in [1.165, 1.54) is 0 Å². The Morgan fingerprint density at radius 3 is 1.97 bits per heavy atom. The van der Waals surface area contributed by atoms with Crippen molar-refractivity contribution in [2.75, 3.05) is 0 Å². The van der Waals surface area contributed by atoms with Crippen LogP contribution in [0.3, 0.4) is 0 Å². The second-order valence-corrected chi connectivity index (χ2v) is 8.70. The molecule has 5 rings (SSSR count). The minimum atomic E-state index is -3.89. The molecule has 0 saturated carbocycles. The molecular formula is C22H19O6P.